The zero-order valence-corrected chi connectivity index (χ0v) is 24.0. The number of hydrogen-bond donors (Lipinski definition) is 0. The van der Waals surface area contributed by atoms with Crippen LogP contribution in [0.3, 0.4) is 0 Å². The average molecular weight is 527 g/mol. The average Bonchev–Trinajstić information content (AvgIpc) is 3.36. The topological polar surface area (TPSA) is 60.4 Å². The van der Waals surface area contributed by atoms with Crippen molar-refractivity contribution >= 4 is 24.1 Å². The van der Waals surface area contributed by atoms with Crippen LogP contribution in [0.25, 0.3) is 6.08 Å². The molecule has 1 saturated carbocycles. The molecular formula is C35H42O4. The standard InChI is InChI=1S/C35H42O4/c1-23(22-39-33(38)16-14-27-12-7-6-10-24(27)2)9-8-11-25(3)29-17-18-35(5)20-30-26(4)19-32(37)34(30)28(21-36)13-15-31(29)35/h6-14,16,19,21,25,29-31,34H,15,17-18,20,22H2,1-5H3/b11-8-,16-14+,23-9-,28-13-/t25-,29+,30+,31-,34-,35+/m0/s1. The smallest absolute Gasteiger partial charge is 0.331 e. The van der Waals surface area contributed by atoms with Crippen LogP contribution in [0.1, 0.15) is 64.5 Å². The first-order chi connectivity index (χ1) is 18.6. The molecule has 0 N–H and O–H groups in total. The highest BCUT2D eigenvalue weighted by molar-refractivity contribution is 6.01. The fraction of sp³-hybridized carbons (Fsp3) is 0.457. The van der Waals surface area contributed by atoms with E-state index in [9.17, 15) is 14.4 Å². The van der Waals surface area contributed by atoms with Crippen molar-refractivity contribution in [3.05, 3.63) is 88.6 Å². The molecule has 3 aliphatic rings. The van der Waals surface area contributed by atoms with E-state index in [2.05, 4.69) is 39.0 Å². The molecule has 0 spiro atoms. The number of ketones is 1. The molecule has 1 aromatic carbocycles. The summed E-state index contributed by atoms with van der Waals surface area (Å²) in [4.78, 5) is 36.7. The van der Waals surface area contributed by atoms with Crippen LogP contribution in [0, 0.1) is 41.9 Å². The predicted molar refractivity (Wildman–Crippen MR) is 157 cm³/mol. The van der Waals surface area contributed by atoms with Crippen LogP contribution < -0.4 is 0 Å². The summed E-state index contributed by atoms with van der Waals surface area (Å²) in [5.74, 6) is 0.985. The molecule has 3 aliphatic carbocycles. The number of aldehydes is 1. The first kappa shape index (κ1) is 28.7. The van der Waals surface area contributed by atoms with E-state index in [0.717, 1.165) is 54.2 Å². The van der Waals surface area contributed by atoms with Crippen molar-refractivity contribution < 1.29 is 19.1 Å². The fourth-order valence-electron chi connectivity index (χ4n) is 7.06. The Morgan fingerprint density at radius 3 is 2.74 bits per heavy atom. The third-order valence-electron chi connectivity index (χ3n) is 9.41. The van der Waals surface area contributed by atoms with Crippen LogP contribution in [-0.2, 0) is 19.1 Å². The molecule has 39 heavy (non-hydrogen) atoms. The molecular weight excluding hydrogens is 484 g/mol. The molecule has 206 valence electrons. The Morgan fingerprint density at radius 1 is 1.23 bits per heavy atom. The summed E-state index contributed by atoms with van der Waals surface area (Å²) in [5, 5.41) is 0. The van der Waals surface area contributed by atoms with Crippen LogP contribution in [0.15, 0.2) is 77.4 Å². The van der Waals surface area contributed by atoms with Crippen LogP contribution in [0.4, 0.5) is 0 Å². The normalized spacial score (nSPS) is 31.2. The van der Waals surface area contributed by atoms with Crippen LogP contribution >= 0.6 is 0 Å². The summed E-state index contributed by atoms with van der Waals surface area (Å²) in [6.07, 6.45) is 18.5. The quantitative estimate of drug-likeness (QED) is 0.153. The van der Waals surface area contributed by atoms with Crippen LogP contribution in [0.5, 0.6) is 0 Å². The maximum absolute atomic E-state index is 12.7. The summed E-state index contributed by atoms with van der Waals surface area (Å²) in [5.41, 5.74) is 5.07. The van der Waals surface area contributed by atoms with Gasteiger partial charge in [-0.2, -0.15) is 0 Å². The highest BCUT2D eigenvalue weighted by atomic mass is 16.5. The highest BCUT2D eigenvalue weighted by Crippen LogP contribution is 2.58. The maximum Gasteiger partial charge on any atom is 0.331 e. The van der Waals surface area contributed by atoms with Gasteiger partial charge in [-0.05, 0) is 110 Å². The largest absolute Gasteiger partial charge is 0.458 e. The number of carbonyl (C=O) groups is 3. The third-order valence-corrected chi connectivity index (χ3v) is 9.41. The van der Waals surface area contributed by atoms with Crippen LogP contribution in [-0.4, -0.2) is 24.6 Å². The first-order valence-electron chi connectivity index (χ1n) is 14.2. The Hall–Kier alpha value is -3.27. The van der Waals surface area contributed by atoms with Crippen molar-refractivity contribution in [2.24, 2.45) is 35.0 Å². The Bertz CT molecular complexity index is 1260. The number of esters is 1. The maximum atomic E-state index is 12.7. The molecule has 0 radical (unpaired) electrons. The Kier molecular flexibility index (Phi) is 9.04. The van der Waals surface area contributed by atoms with Gasteiger partial charge in [0.2, 0.25) is 0 Å². The minimum absolute atomic E-state index is 0.0962. The number of allylic oxidation sites excluding steroid dienone is 7. The van der Waals surface area contributed by atoms with Gasteiger partial charge in [0.25, 0.3) is 0 Å². The molecule has 0 bridgehead atoms. The van der Waals surface area contributed by atoms with Crippen molar-refractivity contribution in [1.82, 2.24) is 0 Å². The molecule has 0 saturated heterocycles. The molecule has 1 aromatic rings. The molecule has 0 aliphatic heterocycles. The summed E-state index contributed by atoms with van der Waals surface area (Å²) in [6, 6.07) is 7.91. The third kappa shape index (κ3) is 6.49. The monoisotopic (exact) mass is 526 g/mol. The van der Waals surface area contributed by atoms with E-state index in [1.54, 1.807) is 12.2 Å². The summed E-state index contributed by atoms with van der Waals surface area (Å²) < 4.78 is 5.41. The van der Waals surface area contributed by atoms with Crippen LogP contribution in [0.2, 0.25) is 0 Å². The van der Waals surface area contributed by atoms with E-state index >= 15 is 0 Å². The second-order valence-electron chi connectivity index (χ2n) is 12.2. The number of fused-ring (bicyclic) bond motifs is 2. The second kappa shape index (κ2) is 12.3. The van der Waals surface area contributed by atoms with Gasteiger partial charge in [-0.15, -0.1) is 0 Å². The Morgan fingerprint density at radius 2 is 2.00 bits per heavy atom. The second-order valence-corrected chi connectivity index (χ2v) is 12.2. The zero-order valence-electron chi connectivity index (χ0n) is 24.0. The lowest BCUT2D eigenvalue weighted by Gasteiger charge is -2.40. The van der Waals surface area contributed by atoms with Gasteiger partial charge in [-0.25, -0.2) is 4.79 Å². The zero-order chi connectivity index (χ0) is 28.2. The molecule has 4 heteroatoms. The Balaban J connectivity index is 1.36. The molecule has 0 unspecified atom stereocenters. The van der Waals surface area contributed by atoms with Crippen molar-refractivity contribution in [2.45, 2.75) is 60.3 Å². The van der Waals surface area contributed by atoms with Gasteiger partial charge in [0.1, 0.15) is 12.9 Å². The minimum Gasteiger partial charge on any atom is -0.458 e. The van der Waals surface area contributed by atoms with E-state index in [4.69, 9.17) is 4.74 Å². The SMILES string of the molecule is CC1=CC(=O)[C@H]2/C(C=O)=C\C[C@H]3[C@@H]([C@@H](C)/C=C\C=C(\C)COC(=O)/C=C/c4ccccc4C)CC[C@]3(C)C[C@H]12. The molecule has 1 fully saturated rings. The van der Waals surface area contributed by atoms with Gasteiger partial charge in [-0.1, -0.05) is 68.0 Å². The van der Waals surface area contributed by atoms with Gasteiger partial charge in [-0.3, -0.25) is 9.59 Å². The van der Waals surface area contributed by atoms with Crippen molar-refractivity contribution in [1.29, 1.82) is 0 Å². The molecule has 0 aromatic heterocycles. The number of benzene rings is 1. The summed E-state index contributed by atoms with van der Waals surface area (Å²) in [7, 11) is 0. The molecule has 0 amide bonds. The van der Waals surface area contributed by atoms with E-state index in [1.165, 1.54) is 6.08 Å². The minimum atomic E-state index is -0.350. The van der Waals surface area contributed by atoms with Gasteiger partial charge < -0.3 is 4.74 Å². The number of carbonyl (C=O) groups excluding carboxylic acids is 3. The van der Waals surface area contributed by atoms with Crippen molar-refractivity contribution in [3.63, 3.8) is 0 Å². The van der Waals surface area contributed by atoms with E-state index in [1.807, 2.05) is 44.2 Å². The lowest BCUT2D eigenvalue weighted by molar-refractivity contribution is -0.136. The van der Waals surface area contributed by atoms with Crippen molar-refractivity contribution in [2.75, 3.05) is 6.61 Å². The van der Waals surface area contributed by atoms with Gasteiger partial charge in [0, 0.05) is 6.08 Å². The lowest BCUT2D eigenvalue weighted by Crippen LogP contribution is -2.34. The van der Waals surface area contributed by atoms with Gasteiger partial charge >= 0.3 is 5.97 Å². The number of ether oxygens (including phenoxy) is 1. The fourth-order valence-corrected chi connectivity index (χ4v) is 7.06. The predicted octanol–water partition coefficient (Wildman–Crippen LogP) is 7.40. The first-order valence-corrected chi connectivity index (χ1v) is 14.2. The van der Waals surface area contributed by atoms with Gasteiger partial charge in [0.15, 0.2) is 5.78 Å². The highest BCUT2D eigenvalue weighted by Gasteiger charge is 2.50. The number of aryl methyl sites for hydroxylation is 1. The molecule has 6 atom stereocenters. The molecule has 4 nitrogen and oxygen atoms in total. The van der Waals surface area contributed by atoms with E-state index in [-0.39, 0.29) is 35.6 Å². The number of rotatable bonds is 8. The summed E-state index contributed by atoms with van der Waals surface area (Å²) >= 11 is 0. The Labute approximate surface area is 233 Å². The molecule has 4 rings (SSSR count). The lowest BCUT2D eigenvalue weighted by atomic mass is 9.63. The summed E-state index contributed by atoms with van der Waals surface area (Å²) in [6.45, 7) is 11.0. The van der Waals surface area contributed by atoms with E-state index in [0.29, 0.717) is 23.3 Å². The molecule has 0 heterocycles. The van der Waals surface area contributed by atoms with Crippen molar-refractivity contribution in [3.8, 4) is 0 Å². The number of hydrogen-bond acceptors (Lipinski definition) is 4. The van der Waals surface area contributed by atoms with E-state index < -0.39 is 0 Å². The van der Waals surface area contributed by atoms with Gasteiger partial charge in [0.05, 0.1) is 5.92 Å².